The highest BCUT2D eigenvalue weighted by Gasteiger charge is 2.12. The molecule has 1 aliphatic heterocycles. The van der Waals surface area contributed by atoms with Gasteiger partial charge in [-0.1, -0.05) is 0 Å². The molecule has 0 atom stereocenters. The highest BCUT2D eigenvalue weighted by Crippen LogP contribution is 2.32. The Morgan fingerprint density at radius 2 is 2.15 bits per heavy atom. The van der Waals surface area contributed by atoms with Gasteiger partial charge in [-0.05, 0) is 12.1 Å². The predicted molar refractivity (Wildman–Crippen MR) is 73.8 cm³/mol. The number of benzene rings is 1. The minimum atomic E-state index is -0.999. The van der Waals surface area contributed by atoms with Crippen LogP contribution >= 0.6 is 11.3 Å². The van der Waals surface area contributed by atoms with E-state index in [0.29, 0.717) is 31.2 Å². The van der Waals surface area contributed by atoms with E-state index in [9.17, 15) is 4.79 Å². The first-order chi connectivity index (χ1) is 9.72. The van der Waals surface area contributed by atoms with E-state index < -0.39 is 5.97 Å². The molecule has 20 heavy (non-hydrogen) atoms. The first-order valence-corrected chi connectivity index (χ1v) is 6.91. The van der Waals surface area contributed by atoms with E-state index in [1.165, 1.54) is 0 Å². The minimum absolute atomic E-state index is 0.101. The molecule has 104 valence electrons. The molecule has 7 heteroatoms. The van der Waals surface area contributed by atoms with Crippen LogP contribution < -0.4 is 14.8 Å². The van der Waals surface area contributed by atoms with Gasteiger partial charge in [0, 0.05) is 17.1 Å². The summed E-state index contributed by atoms with van der Waals surface area (Å²) in [5.74, 6) is 0.454. The van der Waals surface area contributed by atoms with E-state index in [4.69, 9.17) is 14.6 Å². The summed E-state index contributed by atoms with van der Waals surface area (Å²) in [5.41, 5.74) is 1.57. The Bertz CT molecular complexity index is 641. The summed E-state index contributed by atoms with van der Waals surface area (Å²) in [4.78, 5) is 14.8. The highest BCUT2D eigenvalue weighted by atomic mass is 32.1. The Kier molecular flexibility index (Phi) is 3.42. The summed E-state index contributed by atoms with van der Waals surface area (Å²) >= 11 is 1.12. The summed E-state index contributed by atoms with van der Waals surface area (Å²) in [6, 6.07) is 5.59. The molecule has 0 bridgehead atoms. The standard InChI is InChI=1S/C13H12N2O4S/c16-13(17)12-15-9(7-20-12)6-14-8-1-2-10-11(5-8)19-4-3-18-10/h1-2,5,7,14H,3-4,6H2,(H,16,17). The fourth-order valence-corrected chi connectivity index (χ4v) is 2.49. The minimum Gasteiger partial charge on any atom is -0.486 e. The van der Waals surface area contributed by atoms with Crippen molar-refractivity contribution < 1.29 is 19.4 Å². The number of ether oxygens (including phenoxy) is 2. The lowest BCUT2D eigenvalue weighted by molar-refractivity contribution is 0.0696. The molecule has 1 aliphatic rings. The first kappa shape index (κ1) is 12.7. The maximum absolute atomic E-state index is 10.7. The van der Waals surface area contributed by atoms with Crippen LogP contribution in [0.4, 0.5) is 5.69 Å². The van der Waals surface area contributed by atoms with E-state index >= 15 is 0 Å². The Morgan fingerprint density at radius 1 is 1.35 bits per heavy atom. The SMILES string of the molecule is O=C(O)c1nc(CNc2ccc3c(c2)OCCO3)cs1. The maximum atomic E-state index is 10.7. The zero-order chi connectivity index (χ0) is 13.9. The maximum Gasteiger partial charge on any atom is 0.365 e. The number of anilines is 1. The first-order valence-electron chi connectivity index (χ1n) is 6.03. The van der Waals surface area contributed by atoms with E-state index in [-0.39, 0.29) is 5.01 Å². The molecule has 3 rings (SSSR count). The number of fused-ring (bicyclic) bond motifs is 1. The van der Waals surface area contributed by atoms with Gasteiger partial charge in [-0.2, -0.15) is 0 Å². The number of thiazole rings is 1. The summed E-state index contributed by atoms with van der Waals surface area (Å²) in [5, 5.41) is 13.8. The molecular formula is C13H12N2O4S. The third-order valence-electron chi connectivity index (χ3n) is 2.75. The van der Waals surface area contributed by atoms with Crippen LogP contribution in [0.15, 0.2) is 23.6 Å². The summed E-state index contributed by atoms with van der Waals surface area (Å²) in [6.45, 7) is 1.57. The smallest absolute Gasteiger partial charge is 0.365 e. The summed E-state index contributed by atoms with van der Waals surface area (Å²) in [6.07, 6.45) is 0. The average Bonchev–Trinajstić information content (AvgIpc) is 2.94. The quantitative estimate of drug-likeness (QED) is 0.899. The monoisotopic (exact) mass is 292 g/mol. The van der Waals surface area contributed by atoms with Crippen molar-refractivity contribution in [2.75, 3.05) is 18.5 Å². The lowest BCUT2D eigenvalue weighted by Gasteiger charge is -2.19. The molecule has 6 nitrogen and oxygen atoms in total. The van der Waals surface area contributed by atoms with Gasteiger partial charge in [0.25, 0.3) is 0 Å². The number of rotatable bonds is 4. The van der Waals surface area contributed by atoms with E-state index in [1.54, 1.807) is 5.38 Å². The molecule has 0 aliphatic carbocycles. The van der Waals surface area contributed by atoms with Crippen molar-refractivity contribution in [1.82, 2.24) is 4.98 Å². The lowest BCUT2D eigenvalue weighted by Crippen LogP contribution is -2.15. The number of nitrogens with zero attached hydrogens (tertiary/aromatic N) is 1. The Hall–Kier alpha value is -2.28. The zero-order valence-electron chi connectivity index (χ0n) is 10.5. The molecule has 2 heterocycles. The normalized spacial score (nSPS) is 13.0. The molecular weight excluding hydrogens is 280 g/mol. The molecule has 0 spiro atoms. The van der Waals surface area contributed by atoms with Crippen molar-refractivity contribution in [1.29, 1.82) is 0 Å². The second-order valence-corrected chi connectivity index (χ2v) is 5.02. The number of nitrogens with one attached hydrogen (secondary N) is 1. The molecule has 0 unspecified atom stereocenters. The van der Waals surface area contributed by atoms with Crippen LogP contribution in [0.3, 0.4) is 0 Å². The molecule has 0 saturated heterocycles. The van der Waals surface area contributed by atoms with Crippen molar-refractivity contribution in [2.45, 2.75) is 6.54 Å². The summed E-state index contributed by atoms with van der Waals surface area (Å²) < 4.78 is 10.9. The van der Waals surface area contributed by atoms with Gasteiger partial charge in [-0.3, -0.25) is 0 Å². The molecule has 1 aromatic heterocycles. The van der Waals surface area contributed by atoms with Crippen LogP contribution in [0.5, 0.6) is 11.5 Å². The molecule has 0 amide bonds. The molecule has 2 N–H and O–H groups in total. The van der Waals surface area contributed by atoms with Crippen molar-refractivity contribution in [3.8, 4) is 11.5 Å². The average molecular weight is 292 g/mol. The van der Waals surface area contributed by atoms with Crippen LogP contribution in [0.2, 0.25) is 0 Å². The number of hydrogen-bond donors (Lipinski definition) is 2. The van der Waals surface area contributed by atoms with Gasteiger partial charge >= 0.3 is 5.97 Å². The topological polar surface area (TPSA) is 80.7 Å². The van der Waals surface area contributed by atoms with Gasteiger partial charge in [0.1, 0.15) is 13.2 Å². The van der Waals surface area contributed by atoms with E-state index in [1.807, 2.05) is 18.2 Å². The van der Waals surface area contributed by atoms with Crippen LogP contribution in [0.1, 0.15) is 15.5 Å². The van der Waals surface area contributed by atoms with Gasteiger partial charge in [0.05, 0.1) is 12.2 Å². The summed E-state index contributed by atoms with van der Waals surface area (Å²) in [7, 11) is 0. The number of aromatic carboxylic acids is 1. The van der Waals surface area contributed by atoms with Gasteiger partial charge < -0.3 is 19.9 Å². The number of carboxylic acids is 1. The van der Waals surface area contributed by atoms with Gasteiger partial charge in [-0.25, -0.2) is 9.78 Å². The fourth-order valence-electron chi connectivity index (χ4n) is 1.83. The Balaban J connectivity index is 1.67. The largest absolute Gasteiger partial charge is 0.486 e. The predicted octanol–water partition coefficient (Wildman–Crippen LogP) is 2.22. The number of hydrogen-bond acceptors (Lipinski definition) is 6. The van der Waals surface area contributed by atoms with E-state index in [0.717, 1.165) is 22.8 Å². The van der Waals surface area contributed by atoms with Gasteiger partial charge in [0.15, 0.2) is 11.5 Å². The highest BCUT2D eigenvalue weighted by molar-refractivity contribution is 7.11. The van der Waals surface area contributed by atoms with Crippen molar-refractivity contribution >= 4 is 23.0 Å². The molecule has 2 aromatic rings. The van der Waals surface area contributed by atoms with Crippen LogP contribution in [-0.2, 0) is 6.54 Å². The zero-order valence-corrected chi connectivity index (χ0v) is 11.3. The van der Waals surface area contributed by atoms with Crippen LogP contribution in [-0.4, -0.2) is 29.3 Å². The van der Waals surface area contributed by atoms with Crippen LogP contribution in [0, 0.1) is 0 Å². The molecule has 0 saturated carbocycles. The second-order valence-electron chi connectivity index (χ2n) is 4.16. The van der Waals surface area contributed by atoms with E-state index in [2.05, 4.69) is 10.3 Å². The molecule has 1 aromatic carbocycles. The lowest BCUT2D eigenvalue weighted by atomic mass is 10.2. The van der Waals surface area contributed by atoms with Crippen LogP contribution in [0.25, 0.3) is 0 Å². The second kappa shape index (κ2) is 5.38. The number of carbonyl (C=O) groups is 1. The van der Waals surface area contributed by atoms with Gasteiger partial charge in [0.2, 0.25) is 5.01 Å². The Morgan fingerprint density at radius 3 is 2.90 bits per heavy atom. The third-order valence-corrected chi connectivity index (χ3v) is 3.63. The fraction of sp³-hybridized carbons (Fsp3) is 0.231. The molecule has 0 fully saturated rings. The van der Waals surface area contributed by atoms with Gasteiger partial charge in [-0.15, -0.1) is 11.3 Å². The molecule has 0 radical (unpaired) electrons. The van der Waals surface area contributed by atoms with Crippen molar-refractivity contribution in [3.05, 3.63) is 34.3 Å². The van der Waals surface area contributed by atoms with Crippen molar-refractivity contribution in [2.24, 2.45) is 0 Å². The third kappa shape index (κ3) is 2.67. The Labute approximate surface area is 119 Å². The number of aromatic nitrogens is 1. The van der Waals surface area contributed by atoms with Crippen molar-refractivity contribution in [3.63, 3.8) is 0 Å². The number of carboxylic acid groups (broad SMARTS) is 1.